The molecule has 1 aliphatic rings. The van der Waals surface area contributed by atoms with Crippen LogP contribution in [0, 0.1) is 0 Å². The number of piperazine rings is 1. The third-order valence-electron chi connectivity index (χ3n) is 3.76. The van der Waals surface area contributed by atoms with Gasteiger partial charge >= 0.3 is 0 Å². The number of rotatable bonds is 2. The van der Waals surface area contributed by atoms with E-state index in [2.05, 4.69) is 10.3 Å². The number of carbonyl (C=O) groups excluding carboxylic acids is 2. The van der Waals surface area contributed by atoms with Gasteiger partial charge < -0.3 is 10.6 Å². The first-order valence-corrected chi connectivity index (χ1v) is 6.85. The molecule has 1 saturated heterocycles. The molecule has 3 rings (SSSR count). The van der Waals surface area contributed by atoms with Crippen molar-refractivity contribution in [3.8, 4) is 0 Å². The van der Waals surface area contributed by atoms with Crippen LogP contribution in [0.5, 0.6) is 0 Å². The molecule has 0 bridgehead atoms. The third kappa shape index (κ3) is 2.18. The van der Waals surface area contributed by atoms with Gasteiger partial charge in [-0.2, -0.15) is 0 Å². The Hall–Kier alpha value is -2.63. The van der Waals surface area contributed by atoms with Gasteiger partial charge in [0.05, 0.1) is 23.4 Å². The van der Waals surface area contributed by atoms with Crippen molar-refractivity contribution in [1.82, 2.24) is 10.3 Å². The van der Waals surface area contributed by atoms with Crippen LogP contribution in [0.15, 0.2) is 30.5 Å². The summed E-state index contributed by atoms with van der Waals surface area (Å²) < 4.78 is 0. The van der Waals surface area contributed by atoms with Gasteiger partial charge in [-0.25, -0.2) is 0 Å². The molecule has 1 unspecified atom stereocenters. The number of nitrogen functional groups attached to an aromatic ring is 1. The largest absolute Gasteiger partial charge is 0.396 e. The minimum Gasteiger partial charge on any atom is -0.396 e. The van der Waals surface area contributed by atoms with Crippen molar-refractivity contribution in [2.75, 3.05) is 17.2 Å². The topological polar surface area (TPSA) is 88.3 Å². The van der Waals surface area contributed by atoms with E-state index >= 15 is 0 Å². The lowest BCUT2D eigenvalue weighted by molar-refractivity contribution is -0.132. The van der Waals surface area contributed by atoms with E-state index in [1.54, 1.807) is 11.1 Å². The number of benzene rings is 1. The average molecular weight is 284 g/mol. The maximum absolute atomic E-state index is 12.0. The molecule has 1 fully saturated rings. The van der Waals surface area contributed by atoms with Crippen molar-refractivity contribution in [2.45, 2.75) is 19.4 Å². The second kappa shape index (κ2) is 5.05. The highest BCUT2D eigenvalue weighted by atomic mass is 16.2. The zero-order valence-electron chi connectivity index (χ0n) is 11.7. The Labute approximate surface area is 121 Å². The molecule has 0 saturated carbocycles. The van der Waals surface area contributed by atoms with Crippen molar-refractivity contribution in [2.24, 2.45) is 0 Å². The number of nitrogens with one attached hydrogen (secondary N) is 1. The maximum Gasteiger partial charge on any atom is 0.249 e. The van der Waals surface area contributed by atoms with Gasteiger partial charge in [-0.1, -0.05) is 6.92 Å². The van der Waals surface area contributed by atoms with Gasteiger partial charge in [-0.15, -0.1) is 0 Å². The van der Waals surface area contributed by atoms with Gasteiger partial charge in [0.2, 0.25) is 11.8 Å². The standard InChI is InChI=1S/C15H16N4O2/c1-2-11-15(21)18-13(20)8-19(11)12-6-5-10-9(14(12)16)4-3-7-17-10/h3-7,11H,2,8,16H2,1H3,(H,18,20,21). The normalized spacial score (nSPS) is 18.9. The highest BCUT2D eigenvalue weighted by Crippen LogP contribution is 2.32. The number of fused-ring (bicyclic) bond motifs is 1. The monoisotopic (exact) mass is 284 g/mol. The van der Waals surface area contributed by atoms with Gasteiger partial charge in [0.25, 0.3) is 0 Å². The Balaban J connectivity index is 2.11. The van der Waals surface area contributed by atoms with Gasteiger partial charge in [0.1, 0.15) is 6.04 Å². The van der Waals surface area contributed by atoms with Crippen molar-refractivity contribution < 1.29 is 9.59 Å². The van der Waals surface area contributed by atoms with Crippen LogP contribution in [0.2, 0.25) is 0 Å². The molecule has 108 valence electrons. The maximum atomic E-state index is 12.0. The first-order valence-electron chi connectivity index (χ1n) is 6.85. The van der Waals surface area contributed by atoms with Crippen LogP contribution in [0.25, 0.3) is 10.9 Å². The van der Waals surface area contributed by atoms with Gasteiger partial charge in [-0.3, -0.25) is 19.9 Å². The Morgan fingerprint density at radius 2 is 2.19 bits per heavy atom. The first-order chi connectivity index (χ1) is 10.1. The fourth-order valence-corrected chi connectivity index (χ4v) is 2.74. The molecule has 3 N–H and O–H groups in total. The molecule has 0 radical (unpaired) electrons. The van der Waals surface area contributed by atoms with E-state index in [0.29, 0.717) is 17.8 Å². The van der Waals surface area contributed by atoms with Crippen LogP contribution in [0.1, 0.15) is 13.3 Å². The lowest BCUT2D eigenvalue weighted by Gasteiger charge is -2.36. The van der Waals surface area contributed by atoms with E-state index in [9.17, 15) is 9.59 Å². The molecule has 2 heterocycles. The summed E-state index contributed by atoms with van der Waals surface area (Å²) in [4.78, 5) is 29.7. The number of aromatic nitrogens is 1. The predicted octanol–water partition coefficient (Wildman–Crippen LogP) is 1.06. The number of nitrogens with two attached hydrogens (primary N) is 1. The summed E-state index contributed by atoms with van der Waals surface area (Å²) in [5.41, 5.74) is 8.27. The molecule has 21 heavy (non-hydrogen) atoms. The molecule has 1 aromatic heterocycles. The minimum atomic E-state index is -0.390. The van der Waals surface area contributed by atoms with E-state index in [1.807, 2.05) is 31.2 Å². The number of amides is 2. The fraction of sp³-hybridized carbons (Fsp3) is 0.267. The summed E-state index contributed by atoms with van der Waals surface area (Å²) in [7, 11) is 0. The predicted molar refractivity (Wildman–Crippen MR) is 80.7 cm³/mol. The van der Waals surface area contributed by atoms with E-state index < -0.39 is 0 Å². The zero-order valence-corrected chi connectivity index (χ0v) is 11.7. The number of anilines is 2. The minimum absolute atomic E-state index is 0.125. The summed E-state index contributed by atoms with van der Waals surface area (Å²) in [6.45, 7) is 2.03. The summed E-state index contributed by atoms with van der Waals surface area (Å²) in [5, 5.41) is 3.19. The van der Waals surface area contributed by atoms with Crippen LogP contribution >= 0.6 is 0 Å². The number of nitrogens with zero attached hydrogens (tertiary/aromatic N) is 2. The molecule has 1 atom stereocenters. The lowest BCUT2D eigenvalue weighted by atomic mass is 10.1. The number of hydrogen-bond acceptors (Lipinski definition) is 5. The van der Waals surface area contributed by atoms with E-state index in [0.717, 1.165) is 10.9 Å². The van der Waals surface area contributed by atoms with Crippen LogP contribution in [-0.4, -0.2) is 29.4 Å². The SMILES string of the molecule is CCC1C(=O)NC(=O)CN1c1ccc2ncccc2c1N. The van der Waals surface area contributed by atoms with E-state index in [-0.39, 0.29) is 24.4 Å². The number of imide groups is 1. The fourth-order valence-electron chi connectivity index (χ4n) is 2.74. The molecule has 0 aliphatic carbocycles. The first kappa shape index (κ1) is 13.4. The molecule has 2 amide bonds. The van der Waals surface area contributed by atoms with Crippen LogP contribution in [-0.2, 0) is 9.59 Å². The molecule has 0 spiro atoms. The molecule has 6 nitrogen and oxygen atoms in total. The Morgan fingerprint density at radius 1 is 1.38 bits per heavy atom. The Morgan fingerprint density at radius 3 is 2.95 bits per heavy atom. The zero-order chi connectivity index (χ0) is 15.0. The Kier molecular flexibility index (Phi) is 3.21. The average Bonchev–Trinajstić information content (AvgIpc) is 2.47. The van der Waals surface area contributed by atoms with E-state index in [4.69, 9.17) is 5.73 Å². The molecule has 6 heteroatoms. The summed E-state index contributed by atoms with van der Waals surface area (Å²) in [6, 6.07) is 6.98. The smallest absolute Gasteiger partial charge is 0.249 e. The highest BCUT2D eigenvalue weighted by molar-refractivity contribution is 6.07. The van der Waals surface area contributed by atoms with Crippen molar-refractivity contribution in [3.63, 3.8) is 0 Å². The summed E-state index contributed by atoms with van der Waals surface area (Å²) in [5.74, 6) is -0.588. The molecular weight excluding hydrogens is 268 g/mol. The number of hydrogen-bond donors (Lipinski definition) is 2. The summed E-state index contributed by atoms with van der Waals surface area (Å²) in [6.07, 6.45) is 2.30. The van der Waals surface area contributed by atoms with Crippen molar-refractivity contribution >= 4 is 34.1 Å². The van der Waals surface area contributed by atoms with Crippen LogP contribution in [0.3, 0.4) is 0 Å². The highest BCUT2D eigenvalue weighted by Gasteiger charge is 2.33. The second-order valence-electron chi connectivity index (χ2n) is 5.03. The lowest BCUT2D eigenvalue weighted by Crippen LogP contribution is -2.58. The Bertz CT molecular complexity index is 729. The van der Waals surface area contributed by atoms with Crippen molar-refractivity contribution in [3.05, 3.63) is 30.5 Å². The van der Waals surface area contributed by atoms with Crippen LogP contribution < -0.4 is 16.0 Å². The summed E-state index contributed by atoms with van der Waals surface area (Å²) >= 11 is 0. The van der Waals surface area contributed by atoms with Crippen LogP contribution in [0.4, 0.5) is 11.4 Å². The molecule has 1 aliphatic heterocycles. The van der Waals surface area contributed by atoms with Gasteiger partial charge in [0.15, 0.2) is 0 Å². The molecule has 1 aromatic carbocycles. The molecular formula is C15H16N4O2. The second-order valence-corrected chi connectivity index (χ2v) is 5.03. The van der Waals surface area contributed by atoms with Gasteiger partial charge in [-0.05, 0) is 30.7 Å². The van der Waals surface area contributed by atoms with Gasteiger partial charge in [0, 0.05) is 11.6 Å². The van der Waals surface area contributed by atoms with E-state index in [1.165, 1.54) is 0 Å². The quantitative estimate of drug-likeness (QED) is 0.636. The molecule has 2 aromatic rings. The number of carbonyl (C=O) groups is 2. The number of pyridine rings is 1. The third-order valence-corrected chi connectivity index (χ3v) is 3.76. The van der Waals surface area contributed by atoms with Crippen molar-refractivity contribution in [1.29, 1.82) is 0 Å².